The third-order valence-electron chi connectivity index (χ3n) is 2.64. The molecule has 0 fully saturated rings. The molecule has 0 heterocycles. The molecule has 0 atom stereocenters. The van der Waals surface area contributed by atoms with Crippen molar-refractivity contribution >= 4 is 34.8 Å². The lowest BCUT2D eigenvalue weighted by Gasteiger charge is -2.11. The molecule has 4 nitrogen and oxygen atoms in total. The van der Waals surface area contributed by atoms with Crippen molar-refractivity contribution < 1.29 is 19.1 Å². The van der Waals surface area contributed by atoms with Crippen LogP contribution < -0.4 is 9.47 Å². The summed E-state index contributed by atoms with van der Waals surface area (Å²) in [6.45, 7) is 0. The van der Waals surface area contributed by atoms with E-state index >= 15 is 0 Å². The van der Waals surface area contributed by atoms with E-state index in [1.807, 2.05) is 6.07 Å². The minimum absolute atomic E-state index is 0.134. The summed E-state index contributed by atoms with van der Waals surface area (Å²) in [7, 11) is 1.45. The molecule has 0 radical (unpaired) electrons. The first-order valence-corrected chi connectivity index (χ1v) is 6.84. The number of ether oxygens (including phenoxy) is 2. The number of para-hydroxylation sites is 1. The van der Waals surface area contributed by atoms with E-state index in [1.54, 1.807) is 36.4 Å². The largest absolute Gasteiger partial charge is 0.493 e. The van der Waals surface area contributed by atoms with Crippen LogP contribution in [0, 0.1) is 3.57 Å². The Morgan fingerprint density at radius 3 is 2.55 bits per heavy atom. The average molecular weight is 382 g/mol. The van der Waals surface area contributed by atoms with Crippen molar-refractivity contribution in [3.8, 4) is 11.5 Å². The van der Waals surface area contributed by atoms with Gasteiger partial charge in [-0.1, -0.05) is 18.2 Å². The molecule has 0 saturated carbocycles. The van der Waals surface area contributed by atoms with Gasteiger partial charge in [0.1, 0.15) is 0 Å². The van der Waals surface area contributed by atoms with Crippen molar-refractivity contribution in [1.29, 1.82) is 0 Å². The molecule has 0 amide bonds. The molecule has 0 bridgehead atoms. The van der Waals surface area contributed by atoms with Crippen LogP contribution in [0.1, 0.15) is 20.7 Å². The molecule has 0 N–H and O–H groups in total. The Morgan fingerprint density at radius 2 is 1.90 bits per heavy atom. The summed E-state index contributed by atoms with van der Waals surface area (Å²) < 4.78 is 11.2. The van der Waals surface area contributed by atoms with Crippen molar-refractivity contribution in [3.63, 3.8) is 0 Å². The summed E-state index contributed by atoms with van der Waals surface area (Å²) in [5, 5.41) is 0. The number of hydrogen-bond donors (Lipinski definition) is 0. The molecular weight excluding hydrogens is 371 g/mol. The lowest BCUT2D eigenvalue weighted by atomic mass is 10.2. The van der Waals surface area contributed by atoms with E-state index in [4.69, 9.17) is 9.47 Å². The van der Waals surface area contributed by atoms with Crippen LogP contribution in [-0.2, 0) is 0 Å². The van der Waals surface area contributed by atoms with Crippen LogP contribution in [-0.4, -0.2) is 19.4 Å². The number of esters is 1. The van der Waals surface area contributed by atoms with Crippen molar-refractivity contribution in [2.24, 2.45) is 0 Å². The van der Waals surface area contributed by atoms with E-state index < -0.39 is 5.97 Å². The van der Waals surface area contributed by atoms with Crippen LogP contribution in [0.2, 0.25) is 0 Å². The van der Waals surface area contributed by atoms with Crippen LogP contribution in [0.4, 0.5) is 0 Å². The van der Waals surface area contributed by atoms with Gasteiger partial charge in [-0.25, -0.2) is 4.79 Å². The Hall–Kier alpha value is -1.89. The smallest absolute Gasteiger partial charge is 0.344 e. The zero-order valence-corrected chi connectivity index (χ0v) is 12.8. The Labute approximate surface area is 129 Å². The zero-order valence-electron chi connectivity index (χ0n) is 10.6. The highest BCUT2D eigenvalue weighted by atomic mass is 127. The van der Waals surface area contributed by atoms with E-state index in [2.05, 4.69) is 22.6 Å². The first-order chi connectivity index (χ1) is 9.67. The Kier molecular flexibility index (Phi) is 4.73. The maximum Gasteiger partial charge on any atom is 0.344 e. The molecule has 0 spiro atoms. The molecule has 0 aromatic heterocycles. The number of hydrogen-bond acceptors (Lipinski definition) is 4. The fourth-order valence-corrected chi connectivity index (χ4v) is 2.28. The second-order valence-corrected chi connectivity index (χ2v) is 5.03. The number of rotatable bonds is 4. The molecule has 2 rings (SSSR count). The number of benzene rings is 2. The number of halogens is 1. The summed E-state index contributed by atoms with van der Waals surface area (Å²) in [5.41, 5.74) is 0.708. The molecule has 0 aliphatic rings. The monoisotopic (exact) mass is 382 g/mol. The Bertz CT molecular complexity index is 652. The molecular formula is C15H11IO4. The lowest BCUT2D eigenvalue weighted by molar-refractivity contribution is 0.0727. The van der Waals surface area contributed by atoms with E-state index in [0.29, 0.717) is 17.6 Å². The first-order valence-electron chi connectivity index (χ1n) is 5.76. The predicted octanol–water partition coefficient (Wildman–Crippen LogP) is 3.33. The van der Waals surface area contributed by atoms with E-state index in [1.165, 1.54) is 7.11 Å². The molecule has 0 unspecified atom stereocenters. The second kappa shape index (κ2) is 6.51. The highest BCUT2D eigenvalue weighted by molar-refractivity contribution is 14.1. The summed E-state index contributed by atoms with van der Waals surface area (Å²) >= 11 is 2.05. The second-order valence-electron chi connectivity index (χ2n) is 3.87. The van der Waals surface area contributed by atoms with Crippen molar-refractivity contribution in [3.05, 3.63) is 57.2 Å². The lowest BCUT2D eigenvalue weighted by Crippen LogP contribution is -2.12. The summed E-state index contributed by atoms with van der Waals surface area (Å²) in [6, 6.07) is 11.9. The fraction of sp³-hybridized carbons (Fsp3) is 0.0667. The zero-order chi connectivity index (χ0) is 14.5. The van der Waals surface area contributed by atoms with Crippen molar-refractivity contribution in [2.75, 3.05) is 7.11 Å². The number of methoxy groups -OCH3 is 1. The SMILES string of the molecule is COc1cccc(C=O)c1OC(=O)c1ccccc1I. The van der Waals surface area contributed by atoms with E-state index in [-0.39, 0.29) is 11.3 Å². The minimum atomic E-state index is -0.525. The molecule has 5 heteroatoms. The van der Waals surface area contributed by atoms with Crippen LogP contribution in [0.5, 0.6) is 11.5 Å². The molecule has 0 saturated heterocycles. The standard InChI is InChI=1S/C15H11IO4/c1-19-13-8-4-5-10(9-17)14(13)20-15(18)11-6-2-3-7-12(11)16/h2-9H,1H3. The number of carbonyl (C=O) groups excluding carboxylic acids is 2. The van der Waals surface area contributed by atoms with Gasteiger partial charge in [0.15, 0.2) is 17.8 Å². The van der Waals surface area contributed by atoms with Gasteiger partial charge in [0.25, 0.3) is 0 Å². The Balaban J connectivity index is 2.37. The van der Waals surface area contributed by atoms with Crippen LogP contribution in [0.3, 0.4) is 0 Å². The predicted molar refractivity (Wildman–Crippen MR) is 82.5 cm³/mol. The van der Waals surface area contributed by atoms with Crippen molar-refractivity contribution in [1.82, 2.24) is 0 Å². The highest BCUT2D eigenvalue weighted by Crippen LogP contribution is 2.31. The van der Waals surface area contributed by atoms with Gasteiger partial charge >= 0.3 is 5.97 Å². The maximum atomic E-state index is 12.2. The maximum absolute atomic E-state index is 12.2. The molecule has 2 aromatic carbocycles. The topological polar surface area (TPSA) is 52.6 Å². The van der Waals surface area contributed by atoms with E-state index in [9.17, 15) is 9.59 Å². The summed E-state index contributed by atoms with van der Waals surface area (Å²) in [6.07, 6.45) is 0.626. The summed E-state index contributed by atoms with van der Waals surface area (Å²) in [5.74, 6) is -0.0499. The van der Waals surface area contributed by atoms with Gasteiger partial charge in [0, 0.05) is 3.57 Å². The van der Waals surface area contributed by atoms with E-state index in [0.717, 1.165) is 3.57 Å². The van der Waals surface area contributed by atoms with Gasteiger partial charge in [-0.2, -0.15) is 0 Å². The Morgan fingerprint density at radius 1 is 1.15 bits per heavy atom. The van der Waals surface area contributed by atoms with Gasteiger partial charge in [-0.15, -0.1) is 0 Å². The normalized spacial score (nSPS) is 9.90. The minimum Gasteiger partial charge on any atom is -0.493 e. The summed E-state index contributed by atoms with van der Waals surface area (Å²) in [4.78, 5) is 23.2. The fourth-order valence-electron chi connectivity index (χ4n) is 1.67. The van der Waals surface area contributed by atoms with Crippen LogP contribution in [0.15, 0.2) is 42.5 Å². The van der Waals surface area contributed by atoms with Crippen molar-refractivity contribution in [2.45, 2.75) is 0 Å². The van der Waals surface area contributed by atoms with Crippen LogP contribution in [0.25, 0.3) is 0 Å². The molecule has 2 aromatic rings. The molecule has 102 valence electrons. The van der Waals surface area contributed by atoms with Crippen LogP contribution >= 0.6 is 22.6 Å². The number of aldehydes is 1. The van der Waals surface area contributed by atoms with Gasteiger partial charge in [0.2, 0.25) is 0 Å². The third kappa shape index (κ3) is 2.98. The third-order valence-corrected chi connectivity index (χ3v) is 3.59. The quantitative estimate of drug-likeness (QED) is 0.352. The number of carbonyl (C=O) groups is 2. The van der Waals surface area contributed by atoms with Gasteiger partial charge in [-0.3, -0.25) is 4.79 Å². The van der Waals surface area contributed by atoms with Gasteiger partial charge < -0.3 is 9.47 Å². The highest BCUT2D eigenvalue weighted by Gasteiger charge is 2.17. The molecule has 20 heavy (non-hydrogen) atoms. The van der Waals surface area contributed by atoms with Gasteiger partial charge in [-0.05, 0) is 46.9 Å². The first kappa shape index (κ1) is 14.5. The molecule has 0 aliphatic heterocycles. The average Bonchev–Trinajstić information content (AvgIpc) is 2.47. The molecule has 0 aliphatic carbocycles. The van der Waals surface area contributed by atoms with Gasteiger partial charge in [0.05, 0.1) is 18.2 Å².